The minimum Gasteiger partial charge on any atom is -0.268 e. The fourth-order valence-corrected chi connectivity index (χ4v) is 3.60. The van der Waals surface area contributed by atoms with Gasteiger partial charge in [-0.25, -0.2) is 4.90 Å². The number of hydrogen-bond donors (Lipinski definition) is 0. The molecule has 0 aliphatic carbocycles. The summed E-state index contributed by atoms with van der Waals surface area (Å²) in [5.41, 5.74) is 3.65. The van der Waals surface area contributed by atoms with Crippen LogP contribution >= 0.6 is 0 Å². The van der Waals surface area contributed by atoms with E-state index in [1.807, 2.05) is 36.4 Å². The van der Waals surface area contributed by atoms with E-state index in [4.69, 9.17) is 0 Å². The molecule has 3 nitrogen and oxygen atoms in total. The second kappa shape index (κ2) is 5.92. The van der Waals surface area contributed by atoms with Gasteiger partial charge in [0, 0.05) is 0 Å². The van der Waals surface area contributed by atoms with E-state index in [1.165, 1.54) is 15.7 Å². The molecule has 0 saturated heterocycles. The number of imide groups is 1. The number of rotatable bonds is 2. The topological polar surface area (TPSA) is 37.4 Å². The molecule has 0 aromatic heterocycles. The molecule has 2 amide bonds. The minimum atomic E-state index is -0.269. The average Bonchev–Trinajstić information content (AvgIpc) is 2.98. The molecule has 0 unspecified atom stereocenters. The van der Waals surface area contributed by atoms with Crippen molar-refractivity contribution >= 4 is 28.3 Å². The zero-order chi connectivity index (χ0) is 18.4. The van der Waals surface area contributed by atoms with Crippen LogP contribution in [0.1, 0.15) is 20.7 Å². The predicted molar refractivity (Wildman–Crippen MR) is 107 cm³/mol. The van der Waals surface area contributed by atoms with E-state index in [1.54, 1.807) is 24.3 Å². The molecule has 0 atom stereocenters. The van der Waals surface area contributed by atoms with Gasteiger partial charge < -0.3 is 0 Å². The van der Waals surface area contributed by atoms with E-state index in [0.717, 1.165) is 11.1 Å². The summed E-state index contributed by atoms with van der Waals surface area (Å²) in [6, 6.07) is 29.0. The second-order valence-corrected chi connectivity index (χ2v) is 6.60. The van der Waals surface area contributed by atoms with E-state index in [0.29, 0.717) is 16.8 Å². The number of amides is 2. The molecule has 4 aromatic rings. The molecule has 1 aliphatic rings. The first kappa shape index (κ1) is 15.5. The van der Waals surface area contributed by atoms with Crippen LogP contribution in [0.2, 0.25) is 0 Å². The number of nitrogens with zero attached hydrogens (tertiary/aromatic N) is 1. The summed E-state index contributed by atoms with van der Waals surface area (Å²) in [4.78, 5) is 26.5. The van der Waals surface area contributed by atoms with Crippen molar-refractivity contribution in [3.63, 3.8) is 0 Å². The fraction of sp³-hybridized carbons (Fsp3) is 0. The summed E-state index contributed by atoms with van der Waals surface area (Å²) in [5.74, 6) is -0.539. The molecular weight excluding hydrogens is 334 g/mol. The van der Waals surface area contributed by atoms with Gasteiger partial charge in [-0.1, -0.05) is 60.7 Å². The SMILES string of the molecule is O=C1c2ccccc2C(=O)N1c1ccc(-c2ccc3ccccc3c2)cc1. The molecule has 3 heteroatoms. The summed E-state index contributed by atoms with van der Waals surface area (Å²) < 4.78 is 0. The summed E-state index contributed by atoms with van der Waals surface area (Å²) >= 11 is 0. The quantitative estimate of drug-likeness (QED) is 0.460. The average molecular weight is 349 g/mol. The van der Waals surface area contributed by atoms with Crippen LogP contribution in [0.3, 0.4) is 0 Å². The third-order valence-corrected chi connectivity index (χ3v) is 5.00. The van der Waals surface area contributed by atoms with Crippen LogP contribution in [0.5, 0.6) is 0 Å². The number of anilines is 1. The van der Waals surface area contributed by atoms with Crippen LogP contribution in [0.25, 0.3) is 21.9 Å². The summed E-state index contributed by atoms with van der Waals surface area (Å²) in [6.45, 7) is 0. The van der Waals surface area contributed by atoms with Crippen molar-refractivity contribution in [2.24, 2.45) is 0 Å². The van der Waals surface area contributed by atoms with Gasteiger partial charge in [0.15, 0.2) is 0 Å². The molecule has 4 aromatic carbocycles. The highest BCUT2D eigenvalue weighted by Crippen LogP contribution is 2.31. The van der Waals surface area contributed by atoms with E-state index in [-0.39, 0.29) is 11.8 Å². The van der Waals surface area contributed by atoms with Gasteiger partial charge in [-0.05, 0) is 52.2 Å². The second-order valence-electron chi connectivity index (χ2n) is 6.60. The Balaban J connectivity index is 1.50. The van der Waals surface area contributed by atoms with Crippen molar-refractivity contribution in [3.8, 4) is 11.1 Å². The lowest BCUT2D eigenvalue weighted by Gasteiger charge is -2.14. The molecule has 0 fully saturated rings. The Kier molecular flexibility index (Phi) is 3.41. The zero-order valence-corrected chi connectivity index (χ0v) is 14.4. The van der Waals surface area contributed by atoms with Crippen LogP contribution in [0.15, 0.2) is 91.0 Å². The Morgan fingerprint density at radius 3 is 1.74 bits per heavy atom. The third-order valence-electron chi connectivity index (χ3n) is 5.00. The molecular formula is C24H15NO2. The monoisotopic (exact) mass is 349 g/mol. The largest absolute Gasteiger partial charge is 0.268 e. The van der Waals surface area contributed by atoms with Crippen molar-refractivity contribution in [2.45, 2.75) is 0 Å². The Morgan fingerprint density at radius 2 is 1.07 bits per heavy atom. The first-order valence-electron chi connectivity index (χ1n) is 8.79. The lowest BCUT2D eigenvalue weighted by Crippen LogP contribution is -2.29. The molecule has 5 rings (SSSR count). The predicted octanol–water partition coefficient (Wildman–Crippen LogP) is 5.31. The first-order valence-corrected chi connectivity index (χ1v) is 8.79. The van der Waals surface area contributed by atoms with Crippen LogP contribution in [0.4, 0.5) is 5.69 Å². The molecule has 0 radical (unpaired) electrons. The van der Waals surface area contributed by atoms with Crippen LogP contribution < -0.4 is 4.90 Å². The van der Waals surface area contributed by atoms with E-state index < -0.39 is 0 Å². The molecule has 1 heterocycles. The fourth-order valence-electron chi connectivity index (χ4n) is 3.60. The van der Waals surface area contributed by atoms with E-state index in [2.05, 4.69) is 30.3 Å². The van der Waals surface area contributed by atoms with Gasteiger partial charge in [0.05, 0.1) is 16.8 Å². The van der Waals surface area contributed by atoms with Crippen molar-refractivity contribution in [3.05, 3.63) is 102 Å². The van der Waals surface area contributed by atoms with E-state index >= 15 is 0 Å². The number of fused-ring (bicyclic) bond motifs is 2. The van der Waals surface area contributed by atoms with Crippen molar-refractivity contribution in [1.29, 1.82) is 0 Å². The van der Waals surface area contributed by atoms with Crippen molar-refractivity contribution < 1.29 is 9.59 Å². The van der Waals surface area contributed by atoms with Gasteiger partial charge in [0.1, 0.15) is 0 Å². The summed E-state index contributed by atoms with van der Waals surface area (Å²) in [5, 5.41) is 2.38. The maximum atomic E-state index is 12.6. The Labute approximate surface area is 156 Å². The third kappa shape index (κ3) is 2.44. The first-order chi connectivity index (χ1) is 13.2. The highest BCUT2D eigenvalue weighted by atomic mass is 16.2. The van der Waals surface area contributed by atoms with Crippen LogP contribution in [-0.4, -0.2) is 11.8 Å². The highest BCUT2D eigenvalue weighted by molar-refractivity contribution is 6.34. The number of hydrogen-bond acceptors (Lipinski definition) is 2. The highest BCUT2D eigenvalue weighted by Gasteiger charge is 2.36. The van der Waals surface area contributed by atoms with Gasteiger partial charge in [0.25, 0.3) is 11.8 Å². The molecule has 0 bridgehead atoms. The van der Waals surface area contributed by atoms with Gasteiger partial charge in [0.2, 0.25) is 0 Å². The molecule has 0 spiro atoms. The number of carbonyl (C=O) groups excluding carboxylic acids is 2. The lowest BCUT2D eigenvalue weighted by molar-refractivity contribution is 0.0926. The van der Waals surface area contributed by atoms with Gasteiger partial charge in [-0.15, -0.1) is 0 Å². The maximum absolute atomic E-state index is 12.6. The minimum absolute atomic E-state index is 0.269. The van der Waals surface area contributed by atoms with Gasteiger partial charge >= 0.3 is 0 Å². The molecule has 0 N–H and O–H groups in total. The Hall–Kier alpha value is -3.72. The Morgan fingerprint density at radius 1 is 0.519 bits per heavy atom. The van der Waals surface area contributed by atoms with Gasteiger partial charge in [-0.3, -0.25) is 9.59 Å². The lowest BCUT2D eigenvalue weighted by atomic mass is 10.0. The van der Waals surface area contributed by atoms with Crippen LogP contribution in [0, 0.1) is 0 Å². The number of benzene rings is 4. The molecule has 27 heavy (non-hydrogen) atoms. The van der Waals surface area contributed by atoms with Crippen molar-refractivity contribution in [1.82, 2.24) is 0 Å². The molecule has 0 saturated carbocycles. The van der Waals surface area contributed by atoms with Gasteiger partial charge in [-0.2, -0.15) is 0 Å². The number of carbonyl (C=O) groups is 2. The summed E-state index contributed by atoms with van der Waals surface area (Å²) in [7, 11) is 0. The smallest absolute Gasteiger partial charge is 0.266 e. The van der Waals surface area contributed by atoms with Crippen molar-refractivity contribution in [2.75, 3.05) is 4.90 Å². The maximum Gasteiger partial charge on any atom is 0.266 e. The normalized spacial score (nSPS) is 13.3. The van der Waals surface area contributed by atoms with Crippen LogP contribution in [-0.2, 0) is 0 Å². The molecule has 1 aliphatic heterocycles. The summed E-state index contributed by atoms with van der Waals surface area (Å²) in [6.07, 6.45) is 0. The zero-order valence-electron chi connectivity index (χ0n) is 14.4. The van der Waals surface area contributed by atoms with E-state index in [9.17, 15) is 9.59 Å². The molecule has 128 valence electrons. The standard InChI is InChI=1S/C24H15NO2/c26-23-21-7-3-4-8-22(21)24(27)25(23)20-13-11-17(12-14-20)19-10-9-16-5-1-2-6-18(16)15-19/h1-15H. The Bertz CT molecular complexity index is 1170.